The maximum atomic E-state index is 12.9. The Bertz CT molecular complexity index is 1510. The van der Waals surface area contributed by atoms with Crippen LogP contribution >= 0.6 is 0 Å². The van der Waals surface area contributed by atoms with Crippen molar-refractivity contribution in [3.8, 4) is 0 Å². The number of aliphatic carboxylic acids is 1. The molecule has 0 saturated heterocycles. The summed E-state index contributed by atoms with van der Waals surface area (Å²) in [6.45, 7) is 30.9. The van der Waals surface area contributed by atoms with Crippen molar-refractivity contribution in [3.05, 3.63) is 0 Å². The number of carbonyl (C=O) groups is 6. The second-order valence-corrected chi connectivity index (χ2v) is 27.8. The molecule has 0 aromatic heterocycles. The predicted molar refractivity (Wildman–Crippen MR) is 327 cm³/mol. The molecule has 454 valence electrons. The molecule has 0 aromatic rings. The smallest absolute Gasteiger partial charge is 0.326 e. The van der Waals surface area contributed by atoms with Crippen LogP contribution in [0.5, 0.6) is 0 Å². The number of Topliss-reactive ketones (excluding diaryl/α,β-unsaturated/α-hetero) is 2. The molecule has 3 amide bonds. The van der Waals surface area contributed by atoms with Gasteiger partial charge in [0.15, 0.2) is 0 Å². The van der Waals surface area contributed by atoms with Gasteiger partial charge in [-0.2, -0.15) is 0 Å². The molecule has 3 atom stereocenters. The maximum absolute atomic E-state index is 12.9. The number of ketones is 2. The van der Waals surface area contributed by atoms with Crippen LogP contribution in [-0.2, 0) is 28.8 Å². The minimum absolute atomic E-state index is 0.00959. The van der Waals surface area contributed by atoms with Crippen molar-refractivity contribution in [2.75, 3.05) is 13.1 Å². The quantitative estimate of drug-likeness (QED) is 0.0442. The van der Waals surface area contributed by atoms with Gasteiger partial charge in [0, 0.05) is 55.0 Å². The number of unbranched alkanes of at least 4 members (excludes halogenated alkanes) is 26. The number of carbonyl (C=O) groups excluding carboxylic acids is 5. The van der Waals surface area contributed by atoms with Crippen molar-refractivity contribution < 1.29 is 33.9 Å². The van der Waals surface area contributed by atoms with Gasteiger partial charge in [0.05, 0.1) is 0 Å². The van der Waals surface area contributed by atoms with E-state index in [2.05, 4.69) is 71.3 Å². The van der Waals surface area contributed by atoms with Crippen LogP contribution in [0.3, 0.4) is 0 Å². The van der Waals surface area contributed by atoms with Crippen molar-refractivity contribution in [1.29, 1.82) is 0 Å². The Balaban J connectivity index is 0. The number of carboxylic acids is 1. The van der Waals surface area contributed by atoms with E-state index in [1.54, 1.807) is 0 Å². The molecule has 0 fully saturated rings. The van der Waals surface area contributed by atoms with E-state index in [4.69, 9.17) is 0 Å². The zero-order valence-corrected chi connectivity index (χ0v) is 53.4. The Kier molecular flexibility index (Phi) is 45.5. The SMILES string of the molecule is CCCCCCCCCCCCCCCC(=O)NCCCC[C@H](CC(C)(C)C)C(=O)C(C)(C)C.CCCCCCCCCCCCCCCC(=O)N[C@@H](CCC(=O)NCCCC[C@H](CC(C)(C)C)C(=O)C(C)(C)C)C(=O)O. The Labute approximate surface area is 476 Å². The summed E-state index contributed by atoms with van der Waals surface area (Å²) in [6.07, 6.45) is 41.5. The van der Waals surface area contributed by atoms with E-state index in [1.807, 2.05) is 41.5 Å². The van der Waals surface area contributed by atoms with Crippen molar-refractivity contribution >= 4 is 35.3 Å². The molecular formula is C67H129N3O7. The van der Waals surface area contributed by atoms with Crippen molar-refractivity contribution in [1.82, 2.24) is 16.0 Å². The minimum atomic E-state index is -1.11. The lowest BCUT2D eigenvalue weighted by Crippen LogP contribution is -2.41. The Morgan fingerprint density at radius 1 is 0.351 bits per heavy atom. The summed E-state index contributed by atoms with van der Waals surface area (Å²) in [5, 5.41) is 18.1. The van der Waals surface area contributed by atoms with Gasteiger partial charge in [0.25, 0.3) is 0 Å². The highest BCUT2D eigenvalue weighted by atomic mass is 16.4. The van der Waals surface area contributed by atoms with Gasteiger partial charge in [-0.15, -0.1) is 0 Å². The number of carboxylic acid groups (broad SMARTS) is 1. The largest absolute Gasteiger partial charge is 0.480 e. The molecule has 0 aliphatic heterocycles. The van der Waals surface area contributed by atoms with Crippen LogP contribution in [0.4, 0.5) is 0 Å². The van der Waals surface area contributed by atoms with E-state index >= 15 is 0 Å². The lowest BCUT2D eigenvalue weighted by Gasteiger charge is -2.30. The van der Waals surface area contributed by atoms with Crippen LogP contribution in [0.25, 0.3) is 0 Å². The second-order valence-electron chi connectivity index (χ2n) is 27.8. The van der Waals surface area contributed by atoms with Gasteiger partial charge in [-0.3, -0.25) is 24.0 Å². The van der Waals surface area contributed by atoms with Crippen LogP contribution in [0.15, 0.2) is 0 Å². The normalized spacial score (nSPS) is 13.3. The Morgan fingerprint density at radius 2 is 0.636 bits per heavy atom. The number of hydrogen-bond donors (Lipinski definition) is 4. The summed E-state index contributed by atoms with van der Waals surface area (Å²) in [5.41, 5.74) is -0.416. The molecule has 0 heterocycles. The molecule has 0 unspecified atom stereocenters. The van der Waals surface area contributed by atoms with Gasteiger partial charge >= 0.3 is 5.97 Å². The number of amides is 3. The molecule has 0 spiro atoms. The van der Waals surface area contributed by atoms with Crippen LogP contribution in [0.1, 0.15) is 341 Å². The Morgan fingerprint density at radius 3 is 0.922 bits per heavy atom. The molecule has 10 heteroatoms. The molecule has 77 heavy (non-hydrogen) atoms. The summed E-state index contributed by atoms with van der Waals surface area (Å²) >= 11 is 0. The van der Waals surface area contributed by atoms with Crippen LogP contribution in [0.2, 0.25) is 0 Å². The van der Waals surface area contributed by atoms with Crippen LogP contribution < -0.4 is 16.0 Å². The highest BCUT2D eigenvalue weighted by Gasteiger charge is 2.33. The van der Waals surface area contributed by atoms with Gasteiger partial charge in [-0.05, 0) is 68.6 Å². The fourth-order valence-electron chi connectivity index (χ4n) is 10.4. The highest BCUT2D eigenvalue weighted by molar-refractivity contribution is 5.86. The van der Waals surface area contributed by atoms with Crippen LogP contribution in [0, 0.1) is 33.5 Å². The number of hydrogen-bond acceptors (Lipinski definition) is 6. The zero-order chi connectivity index (χ0) is 58.6. The molecule has 0 aliphatic rings. The fraction of sp³-hybridized carbons (Fsp3) is 0.910. The third-order valence-corrected chi connectivity index (χ3v) is 14.8. The minimum Gasteiger partial charge on any atom is -0.480 e. The monoisotopic (exact) mass is 1090 g/mol. The third-order valence-electron chi connectivity index (χ3n) is 14.8. The first-order valence-electron chi connectivity index (χ1n) is 32.3. The number of nitrogens with one attached hydrogen (secondary N) is 3. The molecule has 10 nitrogen and oxygen atoms in total. The topological polar surface area (TPSA) is 159 Å². The lowest BCUT2D eigenvalue weighted by atomic mass is 9.74. The molecule has 0 bridgehead atoms. The lowest BCUT2D eigenvalue weighted by molar-refractivity contribution is -0.142. The first kappa shape index (κ1) is 76.3. The van der Waals surface area contributed by atoms with Crippen molar-refractivity contribution in [2.24, 2.45) is 33.5 Å². The van der Waals surface area contributed by atoms with Gasteiger partial charge in [0.1, 0.15) is 17.6 Å². The average molecular weight is 1090 g/mol. The van der Waals surface area contributed by atoms with Crippen molar-refractivity contribution in [2.45, 2.75) is 347 Å². The zero-order valence-electron chi connectivity index (χ0n) is 53.4. The van der Waals surface area contributed by atoms with E-state index < -0.39 is 12.0 Å². The van der Waals surface area contributed by atoms with Gasteiger partial charge in [0.2, 0.25) is 17.7 Å². The van der Waals surface area contributed by atoms with E-state index in [-0.39, 0.29) is 64.1 Å². The summed E-state index contributed by atoms with van der Waals surface area (Å²) < 4.78 is 0. The summed E-state index contributed by atoms with van der Waals surface area (Å²) in [5.74, 6) is -0.576. The molecule has 0 aliphatic carbocycles. The maximum Gasteiger partial charge on any atom is 0.326 e. The second kappa shape index (κ2) is 45.9. The molecule has 0 saturated carbocycles. The molecule has 0 rings (SSSR count). The molecule has 4 N–H and O–H groups in total. The van der Waals surface area contributed by atoms with Crippen LogP contribution in [-0.4, -0.2) is 59.5 Å². The number of rotatable bonds is 47. The first-order chi connectivity index (χ1) is 36.1. The summed E-state index contributed by atoms with van der Waals surface area (Å²) in [6, 6.07) is -1.05. The fourth-order valence-corrected chi connectivity index (χ4v) is 10.4. The van der Waals surface area contributed by atoms with Crippen molar-refractivity contribution in [3.63, 3.8) is 0 Å². The summed E-state index contributed by atoms with van der Waals surface area (Å²) in [4.78, 5) is 74.1. The first-order valence-corrected chi connectivity index (χ1v) is 32.3. The van der Waals surface area contributed by atoms with Gasteiger partial charge in [-0.25, -0.2) is 4.79 Å². The highest BCUT2D eigenvalue weighted by Crippen LogP contribution is 2.34. The van der Waals surface area contributed by atoms with E-state index in [9.17, 15) is 33.9 Å². The molecule has 0 radical (unpaired) electrons. The Hall–Kier alpha value is -2.78. The van der Waals surface area contributed by atoms with Gasteiger partial charge in [-0.1, -0.05) is 264 Å². The molecular weight excluding hydrogens is 959 g/mol. The predicted octanol–water partition coefficient (Wildman–Crippen LogP) is 18.2. The van der Waals surface area contributed by atoms with E-state index in [0.717, 1.165) is 83.6 Å². The third kappa shape index (κ3) is 50.0. The standard InChI is InChI=1S/C36H68N2O5.C31H61NO2/c1-8-9-10-11-12-13-14-15-16-17-18-19-20-24-32(40)38-30(34(42)43)25-26-31(39)37-27-22-21-23-29(28-35(2,3)4)33(41)36(5,6)7;1-8-9-10-11-12-13-14-15-16-17-18-19-20-24-28(33)32-25-22-21-23-27(26-30(2,3)4)29(34)31(5,6)7/h29-30H,8-28H2,1-7H3,(H,37,39)(H,38,40)(H,42,43);27H,8-26H2,1-7H3,(H,32,33)/t29-,30+;27-/m11/s1. The molecule has 0 aromatic carbocycles. The van der Waals surface area contributed by atoms with E-state index in [1.165, 1.54) is 141 Å². The van der Waals surface area contributed by atoms with E-state index in [0.29, 0.717) is 31.0 Å². The average Bonchev–Trinajstić information content (AvgIpc) is 3.33. The van der Waals surface area contributed by atoms with Gasteiger partial charge < -0.3 is 21.1 Å². The summed E-state index contributed by atoms with van der Waals surface area (Å²) in [7, 11) is 0.